The summed E-state index contributed by atoms with van der Waals surface area (Å²) in [7, 11) is 1.43. The van der Waals surface area contributed by atoms with Crippen LogP contribution in [0.4, 0.5) is 4.39 Å². The number of rotatable bonds is 2. The predicted octanol–water partition coefficient (Wildman–Crippen LogP) is 4.57. The molecule has 0 radical (unpaired) electrons. The number of para-hydroxylation sites is 1. The molecule has 112 valence electrons. The van der Waals surface area contributed by atoms with E-state index in [0.29, 0.717) is 21.7 Å². The van der Waals surface area contributed by atoms with E-state index in [9.17, 15) is 9.18 Å². The molecule has 0 fully saturated rings. The van der Waals surface area contributed by atoms with Gasteiger partial charge in [0.05, 0.1) is 23.1 Å². The standard InChI is InChI=1S/C17H12ClFO3/c1-9-6-12(19)16(14(7-9)21-2)15-8-13(20)10-4-3-5-11(18)17(10)22-15/h3-8H,1-2H3. The first-order valence-corrected chi connectivity index (χ1v) is 6.96. The summed E-state index contributed by atoms with van der Waals surface area (Å²) in [6.07, 6.45) is 0. The third-order valence-electron chi connectivity index (χ3n) is 3.37. The van der Waals surface area contributed by atoms with Gasteiger partial charge in [0.2, 0.25) is 0 Å². The van der Waals surface area contributed by atoms with Crippen LogP contribution in [-0.2, 0) is 0 Å². The van der Waals surface area contributed by atoms with E-state index in [1.807, 2.05) is 0 Å². The van der Waals surface area contributed by atoms with Gasteiger partial charge in [-0.15, -0.1) is 0 Å². The largest absolute Gasteiger partial charge is 0.496 e. The minimum atomic E-state index is -0.522. The molecule has 0 aliphatic carbocycles. The molecule has 0 amide bonds. The van der Waals surface area contributed by atoms with Gasteiger partial charge >= 0.3 is 0 Å². The summed E-state index contributed by atoms with van der Waals surface area (Å²) >= 11 is 6.07. The molecule has 1 heterocycles. The Kier molecular flexibility index (Phi) is 3.62. The van der Waals surface area contributed by atoms with Crippen LogP contribution in [0.2, 0.25) is 5.02 Å². The van der Waals surface area contributed by atoms with Crippen LogP contribution in [0.5, 0.6) is 5.75 Å². The van der Waals surface area contributed by atoms with Gasteiger partial charge in [-0.1, -0.05) is 17.7 Å². The number of benzene rings is 2. The Morgan fingerprint density at radius 2 is 2.00 bits per heavy atom. The Hall–Kier alpha value is -2.33. The summed E-state index contributed by atoms with van der Waals surface area (Å²) in [5, 5.41) is 0.644. The third-order valence-corrected chi connectivity index (χ3v) is 3.67. The van der Waals surface area contributed by atoms with E-state index < -0.39 is 5.82 Å². The van der Waals surface area contributed by atoms with E-state index in [2.05, 4.69) is 0 Å². The van der Waals surface area contributed by atoms with Crippen LogP contribution < -0.4 is 10.2 Å². The SMILES string of the molecule is COc1cc(C)cc(F)c1-c1cc(=O)c2cccc(Cl)c2o1. The van der Waals surface area contributed by atoms with Crippen molar-refractivity contribution in [1.82, 2.24) is 0 Å². The number of hydrogen-bond acceptors (Lipinski definition) is 3. The average Bonchev–Trinajstić information content (AvgIpc) is 2.47. The van der Waals surface area contributed by atoms with Crippen LogP contribution in [0, 0.1) is 12.7 Å². The molecule has 0 spiro atoms. The monoisotopic (exact) mass is 318 g/mol. The molecule has 22 heavy (non-hydrogen) atoms. The van der Waals surface area contributed by atoms with Gasteiger partial charge in [-0.3, -0.25) is 4.79 Å². The third kappa shape index (κ3) is 2.35. The summed E-state index contributed by atoms with van der Waals surface area (Å²) < 4.78 is 25.2. The van der Waals surface area contributed by atoms with Gasteiger partial charge in [-0.05, 0) is 36.8 Å². The number of fused-ring (bicyclic) bond motifs is 1. The molecule has 0 aliphatic rings. The summed E-state index contributed by atoms with van der Waals surface area (Å²) in [4.78, 5) is 12.2. The topological polar surface area (TPSA) is 39.4 Å². The first-order chi connectivity index (χ1) is 10.5. The lowest BCUT2D eigenvalue weighted by Crippen LogP contribution is -2.02. The Balaban J connectivity index is 2.37. The smallest absolute Gasteiger partial charge is 0.193 e. The fraction of sp³-hybridized carbons (Fsp3) is 0.118. The molecule has 0 aliphatic heterocycles. The highest BCUT2D eigenvalue weighted by Gasteiger charge is 2.18. The Morgan fingerprint density at radius 1 is 1.23 bits per heavy atom. The second-order valence-electron chi connectivity index (χ2n) is 4.92. The van der Waals surface area contributed by atoms with E-state index in [1.54, 1.807) is 31.2 Å². The van der Waals surface area contributed by atoms with Gasteiger partial charge in [0.25, 0.3) is 0 Å². The van der Waals surface area contributed by atoms with Gasteiger partial charge in [0, 0.05) is 6.07 Å². The van der Waals surface area contributed by atoms with Crippen LogP contribution in [0.15, 0.2) is 45.6 Å². The van der Waals surface area contributed by atoms with Crippen molar-refractivity contribution >= 4 is 22.6 Å². The average molecular weight is 319 g/mol. The van der Waals surface area contributed by atoms with Gasteiger partial charge in [0.15, 0.2) is 11.0 Å². The normalized spacial score (nSPS) is 10.9. The van der Waals surface area contributed by atoms with Crippen LogP contribution in [0.1, 0.15) is 5.56 Å². The lowest BCUT2D eigenvalue weighted by Gasteiger charge is -2.11. The Bertz CT molecular complexity index is 931. The van der Waals surface area contributed by atoms with Crippen LogP contribution >= 0.6 is 11.6 Å². The van der Waals surface area contributed by atoms with Gasteiger partial charge in [0.1, 0.15) is 17.3 Å². The maximum Gasteiger partial charge on any atom is 0.193 e. The number of hydrogen-bond donors (Lipinski definition) is 0. The van der Waals surface area contributed by atoms with Gasteiger partial charge in [-0.2, -0.15) is 0 Å². The van der Waals surface area contributed by atoms with Crippen molar-refractivity contribution in [1.29, 1.82) is 0 Å². The maximum atomic E-state index is 14.3. The van der Waals surface area contributed by atoms with Crippen molar-refractivity contribution in [3.8, 4) is 17.1 Å². The number of aryl methyl sites for hydroxylation is 1. The van der Waals surface area contributed by atoms with Crippen LogP contribution in [0.3, 0.4) is 0 Å². The minimum absolute atomic E-state index is 0.0833. The highest BCUT2D eigenvalue weighted by molar-refractivity contribution is 6.34. The van der Waals surface area contributed by atoms with Crippen molar-refractivity contribution in [2.24, 2.45) is 0 Å². The highest BCUT2D eigenvalue weighted by atomic mass is 35.5. The zero-order valence-corrected chi connectivity index (χ0v) is 12.7. The lowest BCUT2D eigenvalue weighted by atomic mass is 10.1. The molecule has 3 aromatic rings. The molecule has 0 bridgehead atoms. The van der Waals surface area contributed by atoms with E-state index >= 15 is 0 Å². The van der Waals surface area contributed by atoms with E-state index in [4.69, 9.17) is 20.8 Å². The van der Waals surface area contributed by atoms with Crippen LogP contribution in [0.25, 0.3) is 22.3 Å². The van der Waals surface area contributed by atoms with Crippen molar-refractivity contribution < 1.29 is 13.5 Å². The number of halogens is 2. The Morgan fingerprint density at radius 3 is 2.73 bits per heavy atom. The quantitative estimate of drug-likeness (QED) is 0.695. The van der Waals surface area contributed by atoms with Crippen LogP contribution in [-0.4, -0.2) is 7.11 Å². The molecule has 3 rings (SSSR count). The molecule has 5 heteroatoms. The first kappa shape index (κ1) is 14.6. The molecule has 3 nitrogen and oxygen atoms in total. The molecule has 0 unspecified atom stereocenters. The van der Waals surface area contributed by atoms with Crippen molar-refractivity contribution in [3.05, 3.63) is 63.0 Å². The zero-order valence-electron chi connectivity index (χ0n) is 11.9. The van der Waals surface area contributed by atoms with Gasteiger partial charge < -0.3 is 9.15 Å². The summed E-state index contributed by atoms with van der Waals surface area (Å²) in [6.45, 7) is 1.75. The van der Waals surface area contributed by atoms with E-state index in [-0.39, 0.29) is 22.3 Å². The van der Waals surface area contributed by atoms with E-state index in [0.717, 1.165) is 0 Å². The minimum Gasteiger partial charge on any atom is -0.496 e. The maximum absolute atomic E-state index is 14.3. The summed E-state index contributed by atoms with van der Waals surface area (Å²) in [6, 6.07) is 9.16. The molecular formula is C17H12ClFO3. The number of methoxy groups -OCH3 is 1. The fourth-order valence-electron chi connectivity index (χ4n) is 2.38. The number of ether oxygens (including phenoxy) is 1. The molecule has 1 aromatic heterocycles. The van der Waals surface area contributed by atoms with Crippen molar-refractivity contribution in [2.45, 2.75) is 6.92 Å². The zero-order chi connectivity index (χ0) is 15.9. The molecule has 0 atom stereocenters. The molecular weight excluding hydrogens is 307 g/mol. The summed E-state index contributed by atoms with van der Waals surface area (Å²) in [5.74, 6) is -0.140. The van der Waals surface area contributed by atoms with Gasteiger partial charge in [-0.25, -0.2) is 4.39 Å². The fourth-order valence-corrected chi connectivity index (χ4v) is 2.59. The second-order valence-corrected chi connectivity index (χ2v) is 5.32. The molecule has 0 saturated carbocycles. The Labute approximate surface area is 130 Å². The highest BCUT2D eigenvalue weighted by Crippen LogP contribution is 2.35. The lowest BCUT2D eigenvalue weighted by molar-refractivity contribution is 0.411. The summed E-state index contributed by atoms with van der Waals surface area (Å²) in [5.41, 5.74) is 0.751. The molecule has 0 saturated heterocycles. The molecule has 2 aromatic carbocycles. The predicted molar refractivity (Wildman–Crippen MR) is 84.2 cm³/mol. The first-order valence-electron chi connectivity index (χ1n) is 6.58. The van der Waals surface area contributed by atoms with Crippen molar-refractivity contribution in [3.63, 3.8) is 0 Å². The second kappa shape index (κ2) is 5.46. The van der Waals surface area contributed by atoms with E-state index in [1.165, 1.54) is 19.2 Å². The van der Waals surface area contributed by atoms with Crippen molar-refractivity contribution in [2.75, 3.05) is 7.11 Å². The molecule has 0 N–H and O–H groups in total.